The minimum absolute atomic E-state index is 0.161. The van der Waals surface area contributed by atoms with Crippen molar-refractivity contribution in [2.24, 2.45) is 0 Å². The molecule has 2 atom stereocenters. The van der Waals surface area contributed by atoms with Gasteiger partial charge in [-0.05, 0) is 6.07 Å². The van der Waals surface area contributed by atoms with E-state index in [0.717, 1.165) is 0 Å². The Morgan fingerprint density at radius 3 is 2.67 bits per heavy atom. The third-order valence-corrected chi connectivity index (χ3v) is 1.98. The number of nitrogens with two attached hydrogens (primary N) is 2. The van der Waals surface area contributed by atoms with E-state index in [1.54, 1.807) is 6.07 Å². The molecule has 6 N–H and O–H groups in total. The van der Waals surface area contributed by atoms with Gasteiger partial charge in [-0.25, -0.2) is 4.98 Å². The van der Waals surface area contributed by atoms with E-state index in [4.69, 9.17) is 16.7 Å². The highest BCUT2D eigenvalue weighted by Crippen LogP contribution is 2.22. The summed E-state index contributed by atoms with van der Waals surface area (Å²) in [5, 5.41) is 27.3. The third-order valence-electron chi connectivity index (χ3n) is 1.98. The molecule has 0 saturated heterocycles. The highest BCUT2D eigenvalue weighted by atomic mass is 16.3. The first-order valence-corrected chi connectivity index (χ1v) is 4.30. The topological polar surface area (TPSA) is 129 Å². The van der Waals surface area contributed by atoms with E-state index >= 15 is 0 Å². The Balaban J connectivity index is 2.87. The Hall–Kier alpha value is -1.84. The van der Waals surface area contributed by atoms with Crippen molar-refractivity contribution in [3.63, 3.8) is 0 Å². The number of hydrogen-bond acceptors (Lipinski definition) is 6. The van der Waals surface area contributed by atoms with Gasteiger partial charge in [-0.2, -0.15) is 5.26 Å². The Kier molecular flexibility index (Phi) is 3.44. The Morgan fingerprint density at radius 2 is 2.13 bits per heavy atom. The van der Waals surface area contributed by atoms with E-state index in [1.807, 2.05) is 0 Å². The van der Waals surface area contributed by atoms with E-state index in [2.05, 4.69) is 4.98 Å². The average molecular weight is 208 g/mol. The van der Waals surface area contributed by atoms with Crippen LogP contribution in [0.2, 0.25) is 0 Å². The van der Waals surface area contributed by atoms with Crippen LogP contribution in [0.1, 0.15) is 18.1 Å². The normalized spacial score (nSPS) is 14.2. The minimum Gasteiger partial charge on any atom is -0.396 e. The zero-order chi connectivity index (χ0) is 11.4. The Bertz CT molecular complexity index is 388. The van der Waals surface area contributed by atoms with E-state index in [-0.39, 0.29) is 17.9 Å². The van der Waals surface area contributed by atoms with Crippen molar-refractivity contribution in [3.8, 4) is 6.07 Å². The molecule has 2 unspecified atom stereocenters. The van der Waals surface area contributed by atoms with Crippen LogP contribution in [0, 0.1) is 11.3 Å². The molecule has 15 heavy (non-hydrogen) atoms. The van der Waals surface area contributed by atoms with Crippen molar-refractivity contribution in [3.05, 3.63) is 17.8 Å². The zero-order valence-electron chi connectivity index (χ0n) is 7.96. The molecule has 0 aliphatic carbocycles. The molecule has 0 radical (unpaired) electrons. The largest absolute Gasteiger partial charge is 0.396 e. The summed E-state index contributed by atoms with van der Waals surface area (Å²) in [6.45, 7) is 0. The molecule has 0 fully saturated rings. The van der Waals surface area contributed by atoms with Gasteiger partial charge in [0.25, 0.3) is 0 Å². The fraction of sp³-hybridized carbons (Fsp3) is 0.333. The lowest BCUT2D eigenvalue weighted by Crippen LogP contribution is -2.18. The molecule has 0 aromatic carbocycles. The molecule has 80 valence electrons. The molecule has 0 amide bonds. The lowest BCUT2D eigenvalue weighted by Gasteiger charge is -2.15. The van der Waals surface area contributed by atoms with Gasteiger partial charge in [0.05, 0.1) is 24.3 Å². The molecule has 6 heteroatoms. The molecule has 6 nitrogen and oxygen atoms in total. The number of pyridine rings is 1. The molecule has 1 aromatic heterocycles. The van der Waals surface area contributed by atoms with Crippen LogP contribution < -0.4 is 11.5 Å². The van der Waals surface area contributed by atoms with Crippen molar-refractivity contribution in [2.45, 2.75) is 18.6 Å². The summed E-state index contributed by atoms with van der Waals surface area (Å²) in [7, 11) is 0. The number of rotatable bonds is 3. The minimum atomic E-state index is -1.18. The second kappa shape index (κ2) is 4.59. The summed E-state index contributed by atoms with van der Waals surface area (Å²) in [4.78, 5) is 3.74. The predicted molar refractivity (Wildman–Crippen MR) is 54.3 cm³/mol. The summed E-state index contributed by atoms with van der Waals surface area (Å²) >= 11 is 0. The maximum absolute atomic E-state index is 9.60. The van der Waals surface area contributed by atoms with E-state index < -0.39 is 12.2 Å². The number of aliphatic hydroxyl groups excluding tert-OH is 2. The van der Waals surface area contributed by atoms with Crippen molar-refractivity contribution >= 4 is 11.5 Å². The molecular formula is C9H12N4O2. The van der Waals surface area contributed by atoms with E-state index in [9.17, 15) is 10.2 Å². The highest BCUT2D eigenvalue weighted by Gasteiger charge is 2.18. The van der Waals surface area contributed by atoms with Crippen LogP contribution >= 0.6 is 0 Å². The first-order chi connectivity index (χ1) is 7.06. The summed E-state index contributed by atoms with van der Waals surface area (Å²) in [5.41, 5.74) is 11.4. The van der Waals surface area contributed by atoms with Crippen molar-refractivity contribution in [1.82, 2.24) is 4.98 Å². The monoisotopic (exact) mass is 208 g/mol. The predicted octanol–water partition coefficient (Wildman–Crippen LogP) is -0.446. The summed E-state index contributed by atoms with van der Waals surface area (Å²) in [6, 6.07) is 3.18. The van der Waals surface area contributed by atoms with Crippen molar-refractivity contribution < 1.29 is 10.2 Å². The van der Waals surface area contributed by atoms with Gasteiger partial charge in [-0.3, -0.25) is 0 Å². The van der Waals surface area contributed by atoms with Crippen LogP contribution in [0.25, 0.3) is 0 Å². The van der Waals surface area contributed by atoms with Gasteiger partial charge < -0.3 is 21.7 Å². The second-order valence-corrected chi connectivity index (χ2v) is 3.12. The maximum atomic E-state index is 9.60. The van der Waals surface area contributed by atoms with Gasteiger partial charge in [0.1, 0.15) is 11.9 Å². The maximum Gasteiger partial charge on any atom is 0.146 e. The number of nitrogen functional groups attached to an aromatic ring is 2. The van der Waals surface area contributed by atoms with Crippen LogP contribution in [0.4, 0.5) is 11.5 Å². The summed E-state index contributed by atoms with van der Waals surface area (Å²) in [6.07, 6.45) is -1.18. The molecule has 0 aliphatic rings. The lowest BCUT2D eigenvalue weighted by molar-refractivity contribution is 0.0215. The fourth-order valence-electron chi connectivity index (χ4n) is 1.10. The van der Waals surface area contributed by atoms with Crippen LogP contribution in [0.3, 0.4) is 0 Å². The highest BCUT2D eigenvalue weighted by molar-refractivity contribution is 5.58. The van der Waals surface area contributed by atoms with Crippen molar-refractivity contribution in [2.75, 3.05) is 11.5 Å². The lowest BCUT2D eigenvalue weighted by atomic mass is 10.0. The molecule has 1 aromatic rings. The Morgan fingerprint density at radius 1 is 1.47 bits per heavy atom. The number of aromatic nitrogens is 1. The molecule has 0 saturated carbocycles. The fourth-order valence-corrected chi connectivity index (χ4v) is 1.10. The van der Waals surface area contributed by atoms with Crippen LogP contribution in [0.5, 0.6) is 0 Å². The molecule has 1 rings (SSSR count). The van der Waals surface area contributed by atoms with E-state index in [1.165, 1.54) is 12.3 Å². The van der Waals surface area contributed by atoms with Crippen LogP contribution in [0.15, 0.2) is 12.3 Å². The first kappa shape index (κ1) is 11.2. The average Bonchev–Trinajstić information content (AvgIpc) is 2.21. The summed E-state index contributed by atoms with van der Waals surface area (Å²) in [5.74, 6) is 0.167. The molecule has 0 bridgehead atoms. The number of nitrogens with zero attached hydrogens (tertiary/aromatic N) is 2. The van der Waals surface area contributed by atoms with Gasteiger partial charge in [-0.1, -0.05) is 0 Å². The second-order valence-electron chi connectivity index (χ2n) is 3.12. The van der Waals surface area contributed by atoms with Crippen LogP contribution in [-0.4, -0.2) is 21.3 Å². The first-order valence-electron chi connectivity index (χ1n) is 4.30. The molecule has 0 aliphatic heterocycles. The van der Waals surface area contributed by atoms with Crippen molar-refractivity contribution in [1.29, 1.82) is 5.26 Å². The molecule has 1 heterocycles. The standard InChI is InChI=1S/C9H12N4O2/c10-2-1-7(14)8(15)5-3-6(11)9(12)13-4-5/h3-4,7-8,14-15H,1,11H2,(H2,12,13). The number of anilines is 2. The number of aliphatic hydroxyl groups is 2. The molecule has 0 spiro atoms. The van der Waals surface area contributed by atoms with Gasteiger partial charge >= 0.3 is 0 Å². The summed E-state index contributed by atoms with van der Waals surface area (Å²) < 4.78 is 0. The molecular weight excluding hydrogens is 196 g/mol. The Labute approximate surface area is 86.8 Å². The van der Waals surface area contributed by atoms with Crippen LogP contribution in [-0.2, 0) is 0 Å². The van der Waals surface area contributed by atoms with E-state index in [0.29, 0.717) is 5.56 Å². The quantitative estimate of drug-likeness (QED) is 0.532. The number of nitriles is 1. The number of hydrogen-bond donors (Lipinski definition) is 4. The SMILES string of the molecule is N#CCC(O)C(O)c1cnc(N)c(N)c1. The van der Waals surface area contributed by atoms with Gasteiger partial charge in [0.2, 0.25) is 0 Å². The third kappa shape index (κ3) is 2.56. The smallest absolute Gasteiger partial charge is 0.146 e. The van der Waals surface area contributed by atoms with Gasteiger partial charge in [-0.15, -0.1) is 0 Å². The zero-order valence-corrected chi connectivity index (χ0v) is 7.96. The van der Waals surface area contributed by atoms with Gasteiger partial charge in [0.15, 0.2) is 0 Å². The van der Waals surface area contributed by atoms with Gasteiger partial charge in [0, 0.05) is 11.8 Å².